The summed E-state index contributed by atoms with van der Waals surface area (Å²) in [6.07, 6.45) is 1.64. The smallest absolute Gasteiger partial charge is 0.306 e. The van der Waals surface area contributed by atoms with Crippen molar-refractivity contribution in [3.8, 4) is 0 Å². The van der Waals surface area contributed by atoms with Crippen molar-refractivity contribution in [1.82, 2.24) is 5.43 Å². The van der Waals surface area contributed by atoms with Gasteiger partial charge in [-0.2, -0.15) is 0 Å². The number of hydrazine groups is 1. The molecule has 0 aliphatic rings. The summed E-state index contributed by atoms with van der Waals surface area (Å²) < 4.78 is 5.37. The van der Waals surface area contributed by atoms with E-state index in [0.717, 1.165) is 5.56 Å². The molecule has 2 aromatic carbocycles. The van der Waals surface area contributed by atoms with Crippen LogP contribution in [0.3, 0.4) is 0 Å². The van der Waals surface area contributed by atoms with Crippen LogP contribution in [-0.2, 0) is 9.53 Å². The van der Waals surface area contributed by atoms with Gasteiger partial charge in [0.15, 0.2) is 0 Å². The SMILES string of the molecule is CC(CC(=O)OC(C)(C)C)c1ccc(NC(=O)c2cccc(N=CNN)c2)cc1. The van der Waals surface area contributed by atoms with Crippen LogP contribution in [0.5, 0.6) is 0 Å². The Morgan fingerprint density at radius 1 is 1.17 bits per heavy atom. The number of carbonyl (C=O) groups is 2. The first-order chi connectivity index (χ1) is 13.7. The number of hydrogen-bond acceptors (Lipinski definition) is 5. The fourth-order valence-corrected chi connectivity index (χ4v) is 2.69. The zero-order valence-corrected chi connectivity index (χ0v) is 17.2. The third kappa shape index (κ3) is 7.38. The van der Waals surface area contributed by atoms with Crippen molar-refractivity contribution in [2.45, 2.75) is 45.6 Å². The van der Waals surface area contributed by atoms with Gasteiger partial charge in [0.2, 0.25) is 0 Å². The van der Waals surface area contributed by atoms with Crippen LogP contribution in [0.1, 0.15) is 56.0 Å². The van der Waals surface area contributed by atoms with Crippen molar-refractivity contribution in [1.29, 1.82) is 0 Å². The second-order valence-electron chi connectivity index (χ2n) is 7.74. The van der Waals surface area contributed by atoms with Gasteiger partial charge in [-0.15, -0.1) is 0 Å². The summed E-state index contributed by atoms with van der Waals surface area (Å²) in [6, 6.07) is 14.3. The molecule has 0 bridgehead atoms. The van der Waals surface area contributed by atoms with Crippen molar-refractivity contribution >= 4 is 29.6 Å². The Balaban J connectivity index is 1.99. The number of ether oxygens (including phenoxy) is 1. The molecule has 0 aromatic heterocycles. The Morgan fingerprint density at radius 2 is 1.86 bits per heavy atom. The van der Waals surface area contributed by atoms with Gasteiger partial charge >= 0.3 is 5.97 Å². The van der Waals surface area contributed by atoms with E-state index in [9.17, 15) is 9.59 Å². The molecule has 7 nitrogen and oxygen atoms in total. The van der Waals surface area contributed by atoms with E-state index < -0.39 is 5.60 Å². The van der Waals surface area contributed by atoms with Gasteiger partial charge in [0.1, 0.15) is 11.9 Å². The number of aliphatic imine (C=N–C) groups is 1. The molecule has 7 heteroatoms. The van der Waals surface area contributed by atoms with Crippen LogP contribution in [0.4, 0.5) is 11.4 Å². The highest BCUT2D eigenvalue weighted by molar-refractivity contribution is 6.04. The topological polar surface area (TPSA) is 106 Å². The minimum Gasteiger partial charge on any atom is -0.460 e. The first-order valence-corrected chi connectivity index (χ1v) is 9.40. The molecule has 0 radical (unpaired) electrons. The number of anilines is 1. The van der Waals surface area contributed by atoms with E-state index in [4.69, 9.17) is 10.6 Å². The Labute approximate surface area is 171 Å². The fraction of sp³-hybridized carbons (Fsp3) is 0.318. The molecule has 1 amide bonds. The van der Waals surface area contributed by atoms with Gasteiger partial charge in [-0.1, -0.05) is 25.1 Å². The van der Waals surface area contributed by atoms with Crippen LogP contribution < -0.4 is 16.6 Å². The molecule has 0 heterocycles. The Hall–Kier alpha value is -3.19. The maximum atomic E-state index is 12.5. The number of nitrogens with one attached hydrogen (secondary N) is 2. The summed E-state index contributed by atoms with van der Waals surface area (Å²) in [5, 5.41) is 2.86. The van der Waals surface area contributed by atoms with Gasteiger partial charge in [0.05, 0.1) is 12.1 Å². The molecule has 0 spiro atoms. The van der Waals surface area contributed by atoms with E-state index in [2.05, 4.69) is 15.7 Å². The first-order valence-electron chi connectivity index (χ1n) is 9.40. The van der Waals surface area contributed by atoms with Crippen LogP contribution in [0.15, 0.2) is 53.5 Å². The van der Waals surface area contributed by atoms with Gasteiger partial charge in [0.25, 0.3) is 5.91 Å². The largest absolute Gasteiger partial charge is 0.460 e. The van der Waals surface area contributed by atoms with Crippen LogP contribution in [0, 0.1) is 0 Å². The van der Waals surface area contributed by atoms with Crippen LogP contribution in [0.2, 0.25) is 0 Å². The summed E-state index contributed by atoms with van der Waals surface area (Å²) in [5.74, 6) is 4.71. The predicted octanol–water partition coefficient (Wildman–Crippen LogP) is 3.90. The number of benzene rings is 2. The number of nitrogens with two attached hydrogens (primary N) is 1. The van der Waals surface area contributed by atoms with Gasteiger partial charge in [0, 0.05) is 11.3 Å². The molecule has 0 fully saturated rings. The molecule has 4 N–H and O–H groups in total. The first kappa shape index (κ1) is 22.1. The van der Waals surface area contributed by atoms with E-state index in [-0.39, 0.29) is 17.8 Å². The van der Waals surface area contributed by atoms with Gasteiger partial charge in [-0.3, -0.25) is 9.59 Å². The molecule has 1 atom stereocenters. The highest BCUT2D eigenvalue weighted by atomic mass is 16.6. The molecule has 29 heavy (non-hydrogen) atoms. The molecule has 154 valence electrons. The van der Waals surface area contributed by atoms with Gasteiger partial charge in [-0.05, 0) is 62.6 Å². The highest BCUT2D eigenvalue weighted by Crippen LogP contribution is 2.23. The van der Waals surface area contributed by atoms with Crippen LogP contribution >= 0.6 is 0 Å². The highest BCUT2D eigenvalue weighted by Gasteiger charge is 2.19. The predicted molar refractivity (Wildman–Crippen MR) is 115 cm³/mol. The number of rotatable bonds is 7. The fourth-order valence-electron chi connectivity index (χ4n) is 2.69. The number of esters is 1. The van der Waals surface area contributed by atoms with Crippen molar-refractivity contribution in [3.05, 3.63) is 59.7 Å². The Morgan fingerprint density at radius 3 is 2.48 bits per heavy atom. The average Bonchev–Trinajstić information content (AvgIpc) is 2.65. The molecule has 2 rings (SSSR count). The van der Waals surface area contributed by atoms with Gasteiger partial charge < -0.3 is 15.5 Å². The quantitative estimate of drug-likeness (QED) is 0.216. The minimum absolute atomic E-state index is 0.0142. The minimum atomic E-state index is -0.492. The molecule has 0 aliphatic carbocycles. The molecule has 0 saturated carbocycles. The molecule has 0 saturated heterocycles. The Bertz CT molecular complexity index is 870. The number of amides is 1. The standard InChI is InChI=1S/C22H28N4O3/c1-15(12-20(27)29-22(2,3)4)16-8-10-18(11-9-16)26-21(28)17-6-5-7-19(13-17)24-14-25-23/h5-11,13-15H,12,23H2,1-4H3,(H,24,25)(H,26,28). The molecular weight excluding hydrogens is 368 g/mol. The monoisotopic (exact) mass is 396 g/mol. The third-order valence-electron chi connectivity index (χ3n) is 4.03. The number of hydrogen-bond donors (Lipinski definition) is 3. The zero-order valence-electron chi connectivity index (χ0n) is 17.2. The lowest BCUT2D eigenvalue weighted by Crippen LogP contribution is -2.24. The lowest BCUT2D eigenvalue weighted by molar-refractivity contribution is -0.155. The summed E-state index contributed by atoms with van der Waals surface area (Å²) in [7, 11) is 0. The number of nitrogens with zero attached hydrogens (tertiary/aromatic N) is 1. The third-order valence-corrected chi connectivity index (χ3v) is 4.03. The lowest BCUT2D eigenvalue weighted by Gasteiger charge is -2.21. The maximum absolute atomic E-state index is 12.5. The molecule has 2 aromatic rings. The van der Waals surface area contributed by atoms with Crippen LogP contribution in [0.25, 0.3) is 0 Å². The van der Waals surface area contributed by atoms with Crippen molar-refractivity contribution in [2.24, 2.45) is 10.8 Å². The average molecular weight is 396 g/mol. The Kier molecular flexibility index (Phi) is 7.50. The normalized spacial score (nSPS) is 12.4. The zero-order chi connectivity index (χ0) is 21.4. The van der Waals surface area contributed by atoms with E-state index in [0.29, 0.717) is 23.4 Å². The van der Waals surface area contributed by atoms with Gasteiger partial charge in [-0.25, -0.2) is 10.8 Å². The molecule has 0 aliphatic heterocycles. The summed E-state index contributed by atoms with van der Waals surface area (Å²) in [4.78, 5) is 28.6. The van der Waals surface area contributed by atoms with Crippen molar-refractivity contribution in [3.63, 3.8) is 0 Å². The van der Waals surface area contributed by atoms with E-state index >= 15 is 0 Å². The van der Waals surface area contributed by atoms with Crippen molar-refractivity contribution < 1.29 is 14.3 Å². The van der Waals surface area contributed by atoms with Crippen molar-refractivity contribution in [2.75, 3.05) is 5.32 Å². The molecular formula is C22H28N4O3. The second kappa shape index (κ2) is 9.84. The summed E-state index contributed by atoms with van der Waals surface area (Å²) in [5.41, 5.74) is 4.59. The van der Waals surface area contributed by atoms with E-state index in [1.54, 1.807) is 24.3 Å². The van der Waals surface area contributed by atoms with E-state index in [1.807, 2.05) is 52.0 Å². The summed E-state index contributed by atoms with van der Waals surface area (Å²) >= 11 is 0. The lowest BCUT2D eigenvalue weighted by atomic mass is 9.97. The van der Waals surface area contributed by atoms with Crippen LogP contribution in [-0.4, -0.2) is 23.8 Å². The molecule has 1 unspecified atom stereocenters. The van der Waals surface area contributed by atoms with E-state index in [1.165, 1.54) is 6.34 Å². The second-order valence-corrected chi connectivity index (χ2v) is 7.74. The summed E-state index contributed by atoms with van der Waals surface area (Å²) in [6.45, 7) is 7.53. The maximum Gasteiger partial charge on any atom is 0.306 e. The number of carbonyl (C=O) groups excluding carboxylic acids is 2.